The Labute approximate surface area is 166 Å². The van der Waals surface area contributed by atoms with E-state index in [0.717, 1.165) is 5.56 Å². The summed E-state index contributed by atoms with van der Waals surface area (Å²) in [7, 11) is 0. The van der Waals surface area contributed by atoms with Gasteiger partial charge in [-0.25, -0.2) is 0 Å². The number of nitrogens with one attached hydrogen (secondary N) is 2. The molecule has 0 heterocycles. The summed E-state index contributed by atoms with van der Waals surface area (Å²) >= 11 is 0. The standard InChI is InChI=1S/C22H17F2N3O2/c23-22(24)29-18-11-9-17(10-12-18)27-20-4-2-1-3-19(20)21(28)26-14-16-7-5-15(13-25)6-8-16/h1-12,22,27H,14H2,(H,26,28). The van der Waals surface area contributed by atoms with Crippen molar-refractivity contribution in [2.24, 2.45) is 0 Å². The van der Waals surface area contributed by atoms with Gasteiger partial charge in [0.2, 0.25) is 0 Å². The van der Waals surface area contributed by atoms with Crippen LogP contribution >= 0.6 is 0 Å². The fraction of sp³-hybridized carbons (Fsp3) is 0.0909. The zero-order valence-corrected chi connectivity index (χ0v) is 15.2. The third-order valence-electron chi connectivity index (χ3n) is 4.07. The van der Waals surface area contributed by atoms with Crippen LogP contribution < -0.4 is 15.4 Å². The predicted octanol–water partition coefficient (Wildman–Crippen LogP) is 4.83. The van der Waals surface area contributed by atoms with Crippen molar-refractivity contribution in [1.82, 2.24) is 5.32 Å². The molecule has 7 heteroatoms. The Morgan fingerprint density at radius 1 is 1.00 bits per heavy atom. The van der Waals surface area contributed by atoms with Crippen LogP contribution in [0, 0.1) is 11.3 Å². The van der Waals surface area contributed by atoms with Gasteiger partial charge in [-0.15, -0.1) is 0 Å². The Balaban J connectivity index is 1.67. The van der Waals surface area contributed by atoms with E-state index in [9.17, 15) is 13.6 Å². The summed E-state index contributed by atoms with van der Waals surface area (Å²) in [6.07, 6.45) is 0. The van der Waals surface area contributed by atoms with Crippen LogP contribution in [0.2, 0.25) is 0 Å². The number of hydrogen-bond acceptors (Lipinski definition) is 4. The van der Waals surface area contributed by atoms with Crippen LogP contribution in [0.15, 0.2) is 72.8 Å². The van der Waals surface area contributed by atoms with Crippen molar-refractivity contribution in [3.63, 3.8) is 0 Å². The topological polar surface area (TPSA) is 74.2 Å². The lowest BCUT2D eigenvalue weighted by Gasteiger charge is -2.13. The number of ether oxygens (including phenoxy) is 1. The van der Waals surface area contributed by atoms with E-state index in [1.807, 2.05) is 6.07 Å². The Hall–Kier alpha value is -3.92. The number of carbonyl (C=O) groups excluding carboxylic acids is 1. The van der Waals surface area contributed by atoms with Crippen LogP contribution in [-0.4, -0.2) is 12.5 Å². The second-order valence-corrected chi connectivity index (χ2v) is 6.06. The van der Waals surface area contributed by atoms with E-state index in [2.05, 4.69) is 15.4 Å². The summed E-state index contributed by atoms with van der Waals surface area (Å²) in [6.45, 7) is -2.56. The molecule has 0 unspecified atom stereocenters. The Morgan fingerprint density at radius 3 is 2.34 bits per heavy atom. The van der Waals surface area contributed by atoms with Crippen LogP contribution in [0.4, 0.5) is 20.2 Å². The first-order valence-corrected chi connectivity index (χ1v) is 8.73. The van der Waals surface area contributed by atoms with E-state index in [1.165, 1.54) is 12.1 Å². The van der Waals surface area contributed by atoms with Gasteiger partial charge in [0.25, 0.3) is 5.91 Å². The Kier molecular flexibility index (Phi) is 6.38. The van der Waals surface area contributed by atoms with Crippen molar-refractivity contribution in [3.05, 3.63) is 89.5 Å². The molecule has 3 aromatic rings. The maximum atomic E-state index is 12.6. The number of benzene rings is 3. The number of amides is 1. The monoisotopic (exact) mass is 393 g/mol. The molecule has 146 valence electrons. The van der Waals surface area contributed by atoms with E-state index in [-0.39, 0.29) is 11.7 Å². The maximum absolute atomic E-state index is 12.6. The van der Waals surface area contributed by atoms with Crippen molar-refractivity contribution < 1.29 is 18.3 Å². The van der Waals surface area contributed by atoms with Gasteiger partial charge < -0.3 is 15.4 Å². The summed E-state index contributed by atoms with van der Waals surface area (Å²) in [5.74, 6) is -0.214. The summed E-state index contributed by atoms with van der Waals surface area (Å²) in [5.41, 5.74) is 3.07. The molecule has 0 aliphatic carbocycles. The molecule has 0 atom stereocenters. The van der Waals surface area contributed by atoms with Gasteiger partial charge in [-0.2, -0.15) is 14.0 Å². The fourth-order valence-electron chi connectivity index (χ4n) is 2.64. The molecule has 0 spiro atoms. The first-order valence-electron chi connectivity index (χ1n) is 8.73. The van der Waals surface area contributed by atoms with Crippen LogP contribution in [0.1, 0.15) is 21.5 Å². The van der Waals surface area contributed by atoms with E-state index in [0.29, 0.717) is 29.0 Å². The molecule has 0 radical (unpaired) electrons. The SMILES string of the molecule is N#Cc1ccc(CNC(=O)c2ccccc2Nc2ccc(OC(F)F)cc2)cc1. The molecular weight excluding hydrogens is 376 g/mol. The lowest BCUT2D eigenvalue weighted by atomic mass is 10.1. The zero-order chi connectivity index (χ0) is 20.6. The fourth-order valence-corrected chi connectivity index (χ4v) is 2.64. The molecule has 0 bridgehead atoms. The van der Waals surface area contributed by atoms with Crippen molar-refractivity contribution >= 4 is 17.3 Å². The zero-order valence-electron chi connectivity index (χ0n) is 15.2. The van der Waals surface area contributed by atoms with E-state index < -0.39 is 6.61 Å². The Bertz CT molecular complexity index is 1010. The molecule has 0 aromatic heterocycles. The lowest BCUT2D eigenvalue weighted by Crippen LogP contribution is -2.23. The van der Waals surface area contributed by atoms with Gasteiger partial charge >= 0.3 is 6.61 Å². The molecule has 0 fully saturated rings. The molecular formula is C22H17F2N3O2. The molecule has 5 nitrogen and oxygen atoms in total. The first-order chi connectivity index (χ1) is 14.0. The summed E-state index contributed by atoms with van der Waals surface area (Å²) in [4.78, 5) is 12.6. The molecule has 1 amide bonds. The molecule has 2 N–H and O–H groups in total. The van der Waals surface area contributed by atoms with Crippen LogP contribution in [0.25, 0.3) is 0 Å². The number of alkyl halides is 2. The summed E-state index contributed by atoms with van der Waals surface area (Å²) < 4.78 is 28.8. The van der Waals surface area contributed by atoms with Gasteiger partial charge in [0.1, 0.15) is 5.75 Å². The number of anilines is 2. The van der Waals surface area contributed by atoms with Gasteiger partial charge in [-0.3, -0.25) is 4.79 Å². The van der Waals surface area contributed by atoms with Gasteiger partial charge in [0.05, 0.1) is 22.9 Å². The van der Waals surface area contributed by atoms with E-state index in [1.54, 1.807) is 60.7 Å². The highest BCUT2D eigenvalue weighted by atomic mass is 19.3. The van der Waals surface area contributed by atoms with Crippen LogP contribution in [0.5, 0.6) is 5.75 Å². The summed E-state index contributed by atoms with van der Waals surface area (Å²) in [5, 5.41) is 14.8. The Morgan fingerprint density at radius 2 is 1.69 bits per heavy atom. The van der Waals surface area contributed by atoms with Crippen molar-refractivity contribution in [3.8, 4) is 11.8 Å². The quantitative estimate of drug-likeness (QED) is 0.603. The third-order valence-corrected chi connectivity index (χ3v) is 4.07. The highest BCUT2D eigenvalue weighted by Crippen LogP contribution is 2.23. The molecule has 3 rings (SSSR count). The average molecular weight is 393 g/mol. The predicted molar refractivity (Wildman–Crippen MR) is 105 cm³/mol. The lowest BCUT2D eigenvalue weighted by molar-refractivity contribution is -0.0498. The maximum Gasteiger partial charge on any atom is 0.387 e. The molecule has 0 aliphatic rings. The van der Waals surface area contributed by atoms with Gasteiger partial charge in [-0.1, -0.05) is 24.3 Å². The molecule has 3 aromatic carbocycles. The molecule has 0 saturated heterocycles. The van der Waals surface area contributed by atoms with Crippen LogP contribution in [-0.2, 0) is 6.54 Å². The van der Waals surface area contributed by atoms with Crippen molar-refractivity contribution in [1.29, 1.82) is 5.26 Å². The second kappa shape index (κ2) is 9.33. The minimum absolute atomic E-state index is 0.0546. The molecule has 0 saturated carbocycles. The highest BCUT2D eigenvalue weighted by Gasteiger charge is 2.11. The van der Waals surface area contributed by atoms with Gasteiger partial charge in [-0.05, 0) is 54.1 Å². The number of nitrogens with zero attached hydrogens (tertiary/aromatic N) is 1. The van der Waals surface area contributed by atoms with Gasteiger partial charge in [0, 0.05) is 12.2 Å². The van der Waals surface area contributed by atoms with Crippen molar-refractivity contribution in [2.45, 2.75) is 13.2 Å². The van der Waals surface area contributed by atoms with Gasteiger partial charge in [0.15, 0.2) is 0 Å². The first kappa shape index (κ1) is 19.8. The molecule has 0 aliphatic heterocycles. The highest BCUT2D eigenvalue weighted by molar-refractivity contribution is 6.00. The minimum Gasteiger partial charge on any atom is -0.435 e. The largest absolute Gasteiger partial charge is 0.435 e. The second-order valence-electron chi connectivity index (χ2n) is 6.06. The number of para-hydroxylation sites is 1. The normalized spacial score (nSPS) is 10.3. The smallest absolute Gasteiger partial charge is 0.387 e. The molecule has 29 heavy (non-hydrogen) atoms. The minimum atomic E-state index is -2.88. The number of hydrogen-bond donors (Lipinski definition) is 2. The number of nitriles is 1. The van der Waals surface area contributed by atoms with Crippen molar-refractivity contribution in [2.75, 3.05) is 5.32 Å². The van der Waals surface area contributed by atoms with Crippen LogP contribution in [0.3, 0.4) is 0 Å². The third kappa shape index (κ3) is 5.53. The average Bonchev–Trinajstić information content (AvgIpc) is 2.74. The number of halogens is 2. The number of carbonyl (C=O) groups is 1. The van der Waals surface area contributed by atoms with E-state index >= 15 is 0 Å². The number of rotatable bonds is 7. The summed E-state index contributed by atoms with van der Waals surface area (Å²) in [6, 6.07) is 22.0. The van der Waals surface area contributed by atoms with E-state index in [4.69, 9.17) is 5.26 Å².